The highest BCUT2D eigenvalue weighted by atomic mass is 79.9. The summed E-state index contributed by atoms with van der Waals surface area (Å²) in [5.74, 6) is 5.96. The summed E-state index contributed by atoms with van der Waals surface area (Å²) < 4.78 is 1.13. The van der Waals surface area contributed by atoms with Crippen molar-refractivity contribution in [3.63, 3.8) is 0 Å². The molecule has 1 aromatic carbocycles. The maximum absolute atomic E-state index is 5.96. The molecule has 0 amide bonds. The molecule has 0 radical (unpaired) electrons. The van der Waals surface area contributed by atoms with E-state index in [2.05, 4.69) is 35.0 Å². The minimum Gasteiger partial charge on any atom is -0.308 e. The molecule has 0 bridgehead atoms. The molecule has 0 aliphatic carbocycles. The number of rotatable bonds is 0. The van der Waals surface area contributed by atoms with Crippen LogP contribution in [0.5, 0.6) is 0 Å². The van der Waals surface area contributed by atoms with Crippen LogP contribution in [0.4, 0.5) is 5.69 Å². The van der Waals surface area contributed by atoms with Gasteiger partial charge in [-0.2, -0.15) is 0 Å². The maximum atomic E-state index is 5.96. The molecule has 0 spiro atoms. The molecule has 1 atom stereocenters. The Kier molecular flexibility index (Phi) is 2.30. The molecule has 3 heteroatoms. The summed E-state index contributed by atoms with van der Waals surface area (Å²) >= 11 is 3.47. The maximum Gasteiger partial charge on any atom is 0.0553 e. The van der Waals surface area contributed by atoms with Gasteiger partial charge < -0.3 is 5.01 Å². The van der Waals surface area contributed by atoms with Crippen molar-refractivity contribution in [3.05, 3.63) is 28.2 Å². The summed E-state index contributed by atoms with van der Waals surface area (Å²) in [7, 11) is 0. The Labute approximate surface area is 86.8 Å². The molecule has 1 heterocycles. The molecule has 1 aromatic rings. The van der Waals surface area contributed by atoms with Crippen molar-refractivity contribution in [2.45, 2.75) is 25.8 Å². The fourth-order valence-corrected chi connectivity index (χ4v) is 2.16. The number of benzene rings is 1. The lowest BCUT2D eigenvalue weighted by Gasteiger charge is -2.33. The summed E-state index contributed by atoms with van der Waals surface area (Å²) in [6.07, 6.45) is 2.27. The monoisotopic (exact) mass is 240 g/mol. The number of halogens is 1. The SMILES string of the molecule is C[C@H]1CCc2cc(Br)ccc2N1N. The van der Waals surface area contributed by atoms with Crippen LogP contribution in [0, 0.1) is 0 Å². The van der Waals surface area contributed by atoms with Crippen molar-refractivity contribution in [3.8, 4) is 0 Å². The Balaban J connectivity index is 2.44. The number of aryl methyl sites for hydroxylation is 1. The van der Waals surface area contributed by atoms with E-state index in [1.165, 1.54) is 11.3 Å². The molecule has 1 aliphatic rings. The van der Waals surface area contributed by atoms with Gasteiger partial charge in [0.1, 0.15) is 0 Å². The second-order valence-electron chi connectivity index (χ2n) is 3.57. The Morgan fingerprint density at radius 3 is 3.08 bits per heavy atom. The largest absolute Gasteiger partial charge is 0.308 e. The average Bonchev–Trinajstić information content (AvgIpc) is 2.12. The highest BCUT2D eigenvalue weighted by Gasteiger charge is 2.19. The first-order valence-corrected chi connectivity index (χ1v) is 5.30. The first-order chi connectivity index (χ1) is 6.18. The standard InChI is InChI=1S/C10H13BrN2/c1-7-2-3-8-6-9(11)4-5-10(8)13(7)12/h4-7H,2-3,12H2,1H3/t7-/m0/s1. The lowest BCUT2D eigenvalue weighted by Crippen LogP contribution is -2.42. The van der Waals surface area contributed by atoms with Crippen molar-refractivity contribution < 1.29 is 0 Å². The topological polar surface area (TPSA) is 29.3 Å². The lowest BCUT2D eigenvalue weighted by molar-refractivity contribution is 0.574. The Morgan fingerprint density at radius 1 is 1.54 bits per heavy atom. The zero-order valence-electron chi connectivity index (χ0n) is 7.63. The van der Waals surface area contributed by atoms with Gasteiger partial charge in [-0.05, 0) is 43.5 Å². The molecule has 0 unspecified atom stereocenters. The zero-order valence-corrected chi connectivity index (χ0v) is 9.21. The van der Waals surface area contributed by atoms with Gasteiger partial charge in [0.25, 0.3) is 0 Å². The van der Waals surface area contributed by atoms with Gasteiger partial charge in [-0.15, -0.1) is 0 Å². The van der Waals surface area contributed by atoms with Gasteiger partial charge >= 0.3 is 0 Å². The molecule has 2 nitrogen and oxygen atoms in total. The molecule has 0 aromatic heterocycles. The predicted octanol–water partition coefficient (Wildman–Crippen LogP) is 2.46. The van der Waals surface area contributed by atoms with Crippen LogP contribution >= 0.6 is 15.9 Å². The summed E-state index contributed by atoms with van der Waals surface area (Å²) in [6.45, 7) is 2.16. The van der Waals surface area contributed by atoms with Gasteiger partial charge in [0.2, 0.25) is 0 Å². The molecule has 0 fully saturated rings. The Hall–Kier alpha value is -0.540. The minimum atomic E-state index is 0.452. The van der Waals surface area contributed by atoms with E-state index < -0.39 is 0 Å². The van der Waals surface area contributed by atoms with E-state index in [0.717, 1.165) is 17.3 Å². The van der Waals surface area contributed by atoms with E-state index >= 15 is 0 Å². The van der Waals surface area contributed by atoms with Gasteiger partial charge in [0.05, 0.1) is 5.69 Å². The lowest BCUT2D eigenvalue weighted by atomic mass is 9.98. The van der Waals surface area contributed by atoms with Crippen molar-refractivity contribution in [2.75, 3.05) is 5.01 Å². The molecule has 2 N–H and O–H groups in total. The van der Waals surface area contributed by atoms with E-state index in [1.54, 1.807) is 0 Å². The number of anilines is 1. The van der Waals surface area contributed by atoms with Gasteiger partial charge in [-0.25, -0.2) is 5.84 Å². The van der Waals surface area contributed by atoms with Gasteiger partial charge in [-0.1, -0.05) is 15.9 Å². The van der Waals surface area contributed by atoms with E-state index in [9.17, 15) is 0 Å². The number of hydrogen-bond acceptors (Lipinski definition) is 2. The molecule has 13 heavy (non-hydrogen) atoms. The number of hydrazine groups is 1. The van der Waals surface area contributed by atoms with Gasteiger partial charge in [0, 0.05) is 10.5 Å². The number of fused-ring (bicyclic) bond motifs is 1. The molecular weight excluding hydrogens is 228 g/mol. The van der Waals surface area contributed by atoms with Crippen LogP contribution in [-0.2, 0) is 6.42 Å². The van der Waals surface area contributed by atoms with E-state index in [0.29, 0.717) is 6.04 Å². The van der Waals surface area contributed by atoms with Gasteiger partial charge in [-0.3, -0.25) is 0 Å². The fourth-order valence-electron chi connectivity index (χ4n) is 1.75. The second-order valence-corrected chi connectivity index (χ2v) is 4.48. The molecule has 0 saturated heterocycles. The van der Waals surface area contributed by atoms with Crippen LogP contribution in [-0.4, -0.2) is 6.04 Å². The predicted molar refractivity (Wildman–Crippen MR) is 58.6 cm³/mol. The second kappa shape index (κ2) is 3.31. The third-order valence-corrected chi connectivity index (χ3v) is 3.12. The normalized spacial score (nSPS) is 21.5. The van der Waals surface area contributed by atoms with E-state index in [1.807, 2.05) is 11.1 Å². The van der Waals surface area contributed by atoms with E-state index in [-0.39, 0.29) is 0 Å². The molecular formula is C10H13BrN2. The summed E-state index contributed by atoms with van der Waals surface area (Å²) in [5, 5.41) is 1.87. The zero-order chi connectivity index (χ0) is 9.42. The third kappa shape index (κ3) is 1.58. The minimum absolute atomic E-state index is 0.452. The van der Waals surface area contributed by atoms with Crippen LogP contribution in [0.1, 0.15) is 18.9 Å². The van der Waals surface area contributed by atoms with Crippen molar-refractivity contribution in [1.29, 1.82) is 0 Å². The van der Waals surface area contributed by atoms with Crippen molar-refractivity contribution in [1.82, 2.24) is 0 Å². The average molecular weight is 241 g/mol. The molecule has 0 saturated carbocycles. The quantitative estimate of drug-likeness (QED) is 0.707. The highest BCUT2D eigenvalue weighted by Crippen LogP contribution is 2.30. The summed E-state index contributed by atoms with van der Waals surface area (Å²) in [6, 6.07) is 6.72. The van der Waals surface area contributed by atoms with Crippen molar-refractivity contribution in [2.24, 2.45) is 5.84 Å². The van der Waals surface area contributed by atoms with Gasteiger partial charge in [0.15, 0.2) is 0 Å². The number of nitrogens with two attached hydrogens (primary N) is 1. The van der Waals surface area contributed by atoms with Crippen LogP contribution < -0.4 is 10.9 Å². The molecule has 70 valence electrons. The van der Waals surface area contributed by atoms with E-state index in [4.69, 9.17) is 5.84 Å². The number of hydrogen-bond donors (Lipinski definition) is 1. The molecule has 1 aliphatic heterocycles. The Morgan fingerprint density at radius 2 is 2.31 bits per heavy atom. The van der Waals surface area contributed by atoms with Crippen LogP contribution in [0.15, 0.2) is 22.7 Å². The summed E-state index contributed by atoms with van der Waals surface area (Å²) in [4.78, 5) is 0. The first kappa shape index (κ1) is 9.03. The van der Waals surface area contributed by atoms with Crippen molar-refractivity contribution >= 4 is 21.6 Å². The highest BCUT2D eigenvalue weighted by molar-refractivity contribution is 9.10. The fraction of sp³-hybridized carbons (Fsp3) is 0.400. The third-order valence-electron chi connectivity index (χ3n) is 2.63. The number of nitrogens with zero attached hydrogens (tertiary/aromatic N) is 1. The molecule has 2 rings (SSSR count). The Bertz CT molecular complexity index is 325. The summed E-state index contributed by atoms with van der Waals surface area (Å²) in [5.41, 5.74) is 2.51. The van der Waals surface area contributed by atoms with Crippen LogP contribution in [0.25, 0.3) is 0 Å². The first-order valence-electron chi connectivity index (χ1n) is 4.51. The van der Waals surface area contributed by atoms with Crippen LogP contribution in [0.3, 0.4) is 0 Å². The van der Waals surface area contributed by atoms with Crippen LogP contribution in [0.2, 0.25) is 0 Å². The smallest absolute Gasteiger partial charge is 0.0553 e.